The van der Waals surface area contributed by atoms with Gasteiger partial charge in [-0.05, 0) is 30.3 Å². The van der Waals surface area contributed by atoms with E-state index < -0.39 is 27.3 Å². The van der Waals surface area contributed by atoms with Gasteiger partial charge in [0.2, 0.25) is 5.91 Å². The number of benzene rings is 2. The van der Waals surface area contributed by atoms with Gasteiger partial charge in [0, 0.05) is 12.5 Å². The minimum atomic E-state index is -3.69. The molecule has 0 radical (unpaired) electrons. The number of carbonyl (C=O) groups is 1. The van der Waals surface area contributed by atoms with Gasteiger partial charge in [0.15, 0.2) is 21.3 Å². The van der Waals surface area contributed by atoms with Crippen molar-refractivity contribution in [1.29, 1.82) is 0 Å². The highest BCUT2D eigenvalue weighted by Crippen LogP contribution is 2.32. The molecule has 0 saturated carbocycles. The van der Waals surface area contributed by atoms with Crippen LogP contribution >= 0.6 is 11.6 Å². The van der Waals surface area contributed by atoms with Gasteiger partial charge in [-0.3, -0.25) is 4.79 Å². The Kier molecular flexibility index (Phi) is 5.33. The molecule has 0 bridgehead atoms. The molecule has 0 saturated heterocycles. The number of hydrogen-bond acceptors (Lipinski definition) is 5. The van der Waals surface area contributed by atoms with E-state index in [1.807, 2.05) is 0 Å². The maximum absolute atomic E-state index is 13.0. The number of amides is 1. The summed E-state index contributed by atoms with van der Waals surface area (Å²) in [6.45, 7) is 0.753. The van der Waals surface area contributed by atoms with Gasteiger partial charge in [-0.2, -0.15) is 0 Å². The number of rotatable bonds is 5. The Balaban J connectivity index is 1.65. The van der Waals surface area contributed by atoms with Gasteiger partial charge in [0.1, 0.15) is 19.0 Å². The quantitative estimate of drug-likeness (QED) is 0.835. The highest BCUT2D eigenvalue weighted by atomic mass is 35.5. The molecule has 1 heterocycles. The summed E-state index contributed by atoms with van der Waals surface area (Å²) in [4.78, 5) is 12.0. The van der Waals surface area contributed by atoms with Crippen molar-refractivity contribution < 1.29 is 27.1 Å². The molecule has 0 aromatic heterocycles. The molecule has 1 aliphatic rings. The van der Waals surface area contributed by atoms with Gasteiger partial charge < -0.3 is 14.8 Å². The van der Waals surface area contributed by atoms with Crippen LogP contribution in [0, 0.1) is 5.82 Å². The van der Waals surface area contributed by atoms with Gasteiger partial charge in [0.25, 0.3) is 0 Å². The Bertz CT molecular complexity index is 948. The predicted molar refractivity (Wildman–Crippen MR) is 94.1 cm³/mol. The Hall–Kier alpha value is -2.32. The molecular formula is C17H15ClFNO5S. The zero-order chi connectivity index (χ0) is 18.7. The predicted octanol–water partition coefficient (Wildman–Crippen LogP) is 3.05. The van der Waals surface area contributed by atoms with Crippen LogP contribution in [-0.4, -0.2) is 33.3 Å². The van der Waals surface area contributed by atoms with Crippen LogP contribution in [0.1, 0.15) is 6.42 Å². The lowest BCUT2D eigenvalue weighted by Crippen LogP contribution is -2.18. The van der Waals surface area contributed by atoms with Crippen molar-refractivity contribution in [3.8, 4) is 11.5 Å². The zero-order valence-electron chi connectivity index (χ0n) is 13.5. The average molecular weight is 400 g/mol. The van der Waals surface area contributed by atoms with Crippen molar-refractivity contribution in [1.82, 2.24) is 0 Å². The van der Waals surface area contributed by atoms with Gasteiger partial charge in [-0.25, -0.2) is 12.8 Å². The molecule has 1 N–H and O–H groups in total. The second kappa shape index (κ2) is 7.51. The number of ether oxygens (including phenoxy) is 2. The summed E-state index contributed by atoms with van der Waals surface area (Å²) < 4.78 is 48.6. The van der Waals surface area contributed by atoms with E-state index in [1.54, 1.807) is 0 Å². The van der Waals surface area contributed by atoms with Crippen LogP contribution in [0.2, 0.25) is 5.02 Å². The number of anilines is 1. The fourth-order valence-corrected chi connectivity index (χ4v) is 3.83. The van der Waals surface area contributed by atoms with E-state index in [1.165, 1.54) is 24.3 Å². The molecule has 0 atom stereocenters. The number of nitrogens with one attached hydrogen (secondary N) is 1. The van der Waals surface area contributed by atoms with E-state index in [0.717, 1.165) is 12.1 Å². The molecule has 138 valence electrons. The molecule has 1 aliphatic heterocycles. The lowest BCUT2D eigenvalue weighted by atomic mass is 10.3. The Morgan fingerprint density at radius 1 is 1.12 bits per heavy atom. The molecule has 1 amide bonds. The Labute approximate surface area is 154 Å². The Morgan fingerprint density at radius 3 is 2.58 bits per heavy atom. The van der Waals surface area contributed by atoms with Gasteiger partial charge >= 0.3 is 0 Å². The SMILES string of the molecule is O=C(CCS(=O)(=O)c1ccc2c(c1)OCCO2)Nc1ccc(F)cc1Cl. The first-order valence-electron chi connectivity index (χ1n) is 7.72. The third kappa shape index (κ3) is 4.25. The van der Waals surface area contributed by atoms with Crippen molar-refractivity contribution in [2.75, 3.05) is 24.3 Å². The molecule has 0 aliphatic carbocycles. The largest absolute Gasteiger partial charge is 0.486 e. The van der Waals surface area contributed by atoms with Gasteiger partial charge in [-0.15, -0.1) is 0 Å². The summed E-state index contributed by atoms with van der Waals surface area (Å²) in [7, 11) is -3.69. The summed E-state index contributed by atoms with van der Waals surface area (Å²) in [5.74, 6) is -0.621. The minimum absolute atomic E-state index is 0.0352. The molecule has 0 fully saturated rings. The maximum atomic E-state index is 13.0. The first-order valence-corrected chi connectivity index (χ1v) is 9.75. The highest BCUT2D eigenvalue weighted by molar-refractivity contribution is 7.91. The van der Waals surface area contributed by atoms with Gasteiger partial charge in [0.05, 0.1) is 21.4 Å². The van der Waals surface area contributed by atoms with Crippen LogP contribution in [0.15, 0.2) is 41.3 Å². The van der Waals surface area contributed by atoms with Crippen molar-refractivity contribution in [2.45, 2.75) is 11.3 Å². The van der Waals surface area contributed by atoms with E-state index >= 15 is 0 Å². The topological polar surface area (TPSA) is 81.7 Å². The number of hydrogen-bond donors (Lipinski definition) is 1. The Morgan fingerprint density at radius 2 is 1.85 bits per heavy atom. The summed E-state index contributed by atoms with van der Waals surface area (Å²) >= 11 is 5.83. The van der Waals surface area contributed by atoms with Crippen LogP contribution < -0.4 is 14.8 Å². The third-order valence-corrected chi connectivity index (χ3v) is 5.70. The van der Waals surface area contributed by atoms with Crippen molar-refractivity contribution in [3.05, 3.63) is 47.2 Å². The van der Waals surface area contributed by atoms with Gasteiger partial charge in [-0.1, -0.05) is 11.6 Å². The van der Waals surface area contributed by atoms with Crippen LogP contribution in [0.5, 0.6) is 11.5 Å². The molecule has 3 rings (SSSR count). The number of sulfone groups is 1. The summed E-state index contributed by atoms with van der Waals surface area (Å²) in [5.41, 5.74) is 0.217. The molecule has 26 heavy (non-hydrogen) atoms. The van der Waals surface area contributed by atoms with Crippen molar-refractivity contribution in [2.24, 2.45) is 0 Å². The van der Waals surface area contributed by atoms with E-state index in [-0.39, 0.29) is 22.0 Å². The first-order chi connectivity index (χ1) is 12.3. The van der Waals surface area contributed by atoms with Crippen LogP contribution in [0.25, 0.3) is 0 Å². The number of carbonyl (C=O) groups excluding carboxylic acids is 1. The molecule has 2 aromatic carbocycles. The molecule has 0 spiro atoms. The molecular weight excluding hydrogens is 385 g/mol. The summed E-state index contributed by atoms with van der Waals surface area (Å²) in [5, 5.41) is 2.50. The monoisotopic (exact) mass is 399 g/mol. The lowest BCUT2D eigenvalue weighted by molar-refractivity contribution is -0.115. The smallest absolute Gasteiger partial charge is 0.225 e. The number of halogens is 2. The standard InChI is InChI=1S/C17H15ClFNO5S/c18-13-9-11(19)1-3-14(13)20-17(21)5-8-26(22,23)12-2-4-15-16(10-12)25-7-6-24-15/h1-4,9-10H,5-8H2,(H,20,21). The highest BCUT2D eigenvalue weighted by Gasteiger charge is 2.21. The van der Waals surface area contributed by atoms with E-state index in [0.29, 0.717) is 24.7 Å². The molecule has 0 unspecified atom stereocenters. The molecule has 2 aromatic rings. The second-order valence-corrected chi connectivity index (χ2v) is 8.06. The summed E-state index contributed by atoms with van der Waals surface area (Å²) in [6.07, 6.45) is -0.273. The normalized spacial score (nSPS) is 13.3. The second-order valence-electron chi connectivity index (χ2n) is 5.55. The average Bonchev–Trinajstić information content (AvgIpc) is 2.62. The third-order valence-electron chi connectivity index (χ3n) is 3.68. The number of fused-ring (bicyclic) bond motifs is 1. The van der Waals surface area contributed by atoms with E-state index in [9.17, 15) is 17.6 Å². The van der Waals surface area contributed by atoms with E-state index in [2.05, 4.69) is 5.32 Å². The minimum Gasteiger partial charge on any atom is -0.486 e. The van der Waals surface area contributed by atoms with E-state index in [4.69, 9.17) is 21.1 Å². The lowest BCUT2D eigenvalue weighted by Gasteiger charge is -2.18. The van der Waals surface area contributed by atoms with Crippen molar-refractivity contribution in [3.63, 3.8) is 0 Å². The van der Waals surface area contributed by atoms with Crippen LogP contribution in [-0.2, 0) is 14.6 Å². The molecule has 9 heteroatoms. The molecule has 6 nitrogen and oxygen atoms in total. The maximum Gasteiger partial charge on any atom is 0.225 e. The zero-order valence-corrected chi connectivity index (χ0v) is 15.1. The van der Waals surface area contributed by atoms with Crippen LogP contribution in [0.4, 0.5) is 10.1 Å². The fraction of sp³-hybridized carbons (Fsp3) is 0.235. The van der Waals surface area contributed by atoms with Crippen LogP contribution in [0.3, 0.4) is 0 Å². The summed E-state index contributed by atoms with van der Waals surface area (Å²) in [6, 6.07) is 7.84. The van der Waals surface area contributed by atoms with Crippen molar-refractivity contribution >= 4 is 33.0 Å². The first kappa shape index (κ1) is 18.5. The fourth-order valence-electron chi connectivity index (χ4n) is 2.37.